The second-order valence-corrected chi connectivity index (χ2v) is 10.7. The summed E-state index contributed by atoms with van der Waals surface area (Å²) in [6.07, 6.45) is 10.4. The second-order valence-electron chi connectivity index (χ2n) is 10.7. The molecule has 0 bridgehead atoms. The van der Waals surface area contributed by atoms with Gasteiger partial charge in [0.15, 0.2) is 0 Å². The van der Waals surface area contributed by atoms with E-state index in [4.69, 9.17) is 4.74 Å². The number of hydrogen-bond donors (Lipinski definition) is 1. The Morgan fingerprint density at radius 1 is 1.00 bits per heavy atom. The van der Waals surface area contributed by atoms with Crippen LogP contribution in [-0.2, 0) is 17.6 Å². The highest BCUT2D eigenvalue weighted by Gasteiger charge is 2.30. The average molecular weight is 471 g/mol. The molecule has 1 N–H and O–H groups in total. The molecule has 1 unspecified atom stereocenters. The number of para-hydroxylation sites is 2. The van der Waals surface area contributed by atoms with Gasteiger partial charge in [0.25, 0.3) is 0 Å². The van der Waals surface area contributed by atoms with Gasteiger partial charge < -0.3 is 9.64 Å². The van der Waals surface area contributed by atoms with Crippen LogP contribution in [0.15, 0.2) is 83.9 Å². The number of amides is 1. The molecule has 0 saturated heterocycles. The molecular weight excluding hydrogens is 434 g/mol. The number of likely N-dealkylation sites (N-methyl/N-ethyl adjacent to an activating group) is 1. The molecule has 2 heterocycles. The van der Waals surface area contributed by atoms with Crippen LogP contribution in [0.5, 0.6) is 0 Å². The second kappa shape index (κ2) is 9.38. The number of carbonyl (C=O) groups is 1. The highest BCUT2D eigenvalue weighted by atomic mass is 16.6. The van der Waals surface area contributed by atoms with E-state index in [1.165, 1.54) is 38.5 Å². The van der Waals surface area contributed by atoms with Crippen LogP contribution in [0.1, 0.15) is 44.7 Å². The Hall–Kier alpha value is -3.31. The smallest absolute Gasteiger partial charge is 0.414 e. The molecule has 35 heavy (non-hydrogen) atoms. The minimum absolute atomic E-state index is 0.313. The standard InChI is InChI=1S/C30H35N3O2/c1-30(2,3)35-29(34)31(4)28-24(17-19-32-18-15-22-9-5-7-11-26(22)32)13-14-25(28)21-33-20-16-23-10-6-8-12-27(23)33/h5-12,17,19,21H,13-16,18,20H2,1-4H3/p+1/b19-17?,25-21+. The quantitative estimate of drug-likeness (QED) is 0.673. The van der Waals surface area contributed by atoms with Crippen molar-refractivity contribution in [2.45, 2.75) is 52.1 Å². The first kappa shape index (κ1) is 23.4. The molecule has 0 radical (unpaired) electrons. The molecule has 2 aromatic rings. The van der Waals surface area contributed by atoms with Crippen molar-refractivity contribution in [2.24, 2.45) is 0 Å². The molecule has 0 saturated carbocycles. The van der Waals surface area contributed by atoms with Crippen LogP contribution in [0.4, 0.5) is 16.2 Å². The van der Waals surface area contributed by atoms with E-state index in [0.717, 1.165) is 44.5 Å². The zero-order chi connectivity index (χ0) is 24.6. The molecule has 0 spiro atoms. The van der Waals surface area contributed by atoms with Crippen molar-refractivity contribution in [3.05, 3.63) is 95.0 Å². The van der Waals surface area contributed by atoms with E-state index in [1.54, 1.807) is 4.90 Å². The normalized spacial score (nSPS) is 20.6. The van der Waals surface area contributed by atoms with Crippen LogP contribution in [0, 0.1) is 0 Å². The molecule has 2 aromatic carbocycles. The van der Waals surface area contributed by atoms with E-state index >= 15 is 0 Å². The fraction of sp³-hybridized carbons (Fsp3) is 0.367. The number of rotatable bonds is 4. The molecule has 2 aliphatic heterocycles. The Balaban J connectivity index is 1.48. The number of hydrogen-bond acceptors (Lipinski definition) is 3. The highest BCUT2D eigenvalue weighted by Crippen LogP contribution is 2.37. The van der Waals surface area contributed by atoms with Gasteiger partial charge in [-0.3, -0.25) is 9.80 Å². The number of quaternary nitrogens is 1. The predicted molar refractivity (Wildman–Crippen MR) is 141 cm³/mol. The largest absolute Gasteiger partial charge is 0.443 e. The van der Waals surface area contributed by atoms with Crippen molar-refractivity contribution in [3.8, 4) is 0 Å². The van der Waals surface area contributed by atoms with Gasteiger partial charge in [0, 0.05) is 37.5 Å². The summed E-state index contributed by atoms with van der Waals surface area (Å²) in [5, 5.41) is 0. The van der Waals surface area contributed by atoms with Crippen molar-refractivity contribution in [2.75, 3.05) is 25.0 Å². The molecule has 5 rings (SSSR count). The number of anilines is 1. The average Bonchev–Trinajstić information content (AvgIpc) is 3.54. The van der Waals surface area contributed by atoms with Gasteiger partial charge in [-0.05, 0) is 75.0 Å². The van der Waals surface area contributed by atoms with Crippen molar-refractivity contribution in [1.29, 1.82) is 0 Å². The number of carbonyl (C=O) groups excluding carboxylic acids is 1. The number of benzene rings is 2. The Morgan fingerprint density at radius 3 is 2.54 bits per heavy atom. The van der Waals surface area contributed by atoms with Crippen LogP contribution < -0.4 is 9.80 Å². The van der Waals surface area contributed by atoms with Crippen molar-refractivity contribution in [1.82, 2.24) is 4.90 Å². The van der Waals surface area contributed by atoms with Crippen LogP contribution in [0.25, 0.3) is 0 Å². The molecule has 1 aliphatic carbocycles. The first-order valence-electron chi connectivity index (χ1n) is 12.7. The Kier molecular flexibility index (Phi) is 6.28. The van der Waals surface area contributed by atoms with Gasteiger partial charge in [-0.15, -0.1) is 0 Å². The fourth-order valence-corrected chi connectivity index (χ4v) is 5.37. The SMILES string of the molecule is CN(C(=O)OC(C)(C)C)C1=C(C=C[NH+]2CCc3ccccc32)CC/C1=C\N1CCc2ccccc21. The van der Waals surface area contributed by atoms with E-state index in [1.807, 2.05) is 27.8 Å². The summed E-state index contributed by atoms with van der Waals surface area (Å²) in [6, 6.07) is 17.3. The van der Waals surface area contributed by atoms with E-state index in [0.29, 0.717) is 0 Å². The lowest BCUT2D eigenvalue weighted by Crippen LogP contribution is -3.01. The molecule has 1 atom stereocenters. The molecule has 182 valence electrons. The first-order valence-corrected chi connectivity index (χ1v) is 12.7. The van der Waals surface area contributed by atoms with E-state index < -0.39 is 5.60 Å². The molecule has 5 heteroatoms. The summed E-state index contributed by atoms with van der Waals surface area (Å²) in [6.45, 7) is 7.76. The minimum Gasteiger partial charge on any atom is -0.443 e. The number of nitrogens with one attached hydrogen (secondary N) is 1. The molecule has 1 amide bonds. The topological polar surface area (TPSA) is 37.2 Å². The minimum atomic E-state index is -0.540. The van der Waals surface area contributed by atoms with Gasteiger partial charge in [-0.25, -0.2) is 4.79 Å². The van der Waals surface area contributed by atoms with Crippen molar-refractivity contribution >= 4 is 17.5 Å². The third-order valence-corrected chi connectivity index (χ3v) is 7.02. The van der Waals surface area contributed by atoms with E-state index in [9.17, 15) is 4.79 Å². The Bertz CT molecular complexity index is 1220. The molecule has 3 aliphatic rings. The lowest BCUT2D eigenvalue weighted by atomic mass is 10.1. The third kappa shape index (κ3) is 4.92. The highest BCUT2D eigenvalue weighted by molar-refractivity contribution is 5.73. The summed E-state index contributed by atoms with van der Waals surface area (Å²) < 4.78 is 5.74. The lowest BCUT2D eigenvalue weighted by Gasteiger charge is -2.27. The van der Waals surface area contributed by atoms with Gasteiger partial charge in [0.2, 0.25) is 0 Å². The van der Waals surface area contributed by atoms with Crippen molar-refractivity contribution < 1.29 is 14.4 Å². The predicted octanol–water partition coefficient (Wildman–Crippen LogP) is 5.13. The van der Waals surface area contributed by atoms with Gasteiger partial charge in [-0.1, -0.05) is 36.4 Å². The fourth-order valence-electron chi connectivity index (χ4n) is 5.37. The van der Waals surface area contributed by atoms with Crippen LogP contribution in [0.2, 0.25) is 0 Å². The maximum atomic E-state index is 13.1. The number of ether oxygens (including phenoxy) is 1. The summed E-state index contributed by atoms with van der Waals surface area (Å²) in [4.78, 5) is 18.5. The summed E-state index contributed by atoms with van der Waals surface area (Å²) >= 11 is 0. The van der Waals surface area contributed by atoms with Crippen LogP contribution in [-0.4, -0.2) is 36.7 Å². The van der Waals surface area contributed by atoms with E-state index in [-0.39, 0.29) is 6.09 Å². The zero-order valence-corrected chi connectivity index (χ0v) is 21.3. The molecule has 0 aromatic heterocycles. The Labute approximate surface area is 209 Å². The number of fused-ring (bicyclic) bond motifs is 2. The van der Waals surface area contributed by atoms with Gasteiger partial charge >= 0.3 is 6.09 Å². The summed E-state index contributed by atoms with van der Waals surface area (Å²) in [5.41, 5.74) is 8.24. The van der Waals surface area contributed by atoms with Gasteiger partial charge in [0.1, 0.15) is 11.3 Å². The lowest BCUT2D eigenvalue weighted by molar-refractivity contribution is -0.767. The molecule has 5 nitrogen and oxygen atoms in total. The number of allylic oxidation sites excluding steroid dienone is 3. The van der Waals surface area contributed by atoms with E-state index in [2.05, 4.69) is 71.9 Å². The zero-order valence-electron chi connectivity index (χ0n) is 21.3. The Morgan fingerprint density at radius 2 is 1.74 bits per heavy atom. The van der Waals surface area contributed by atoms with Crippen LogP contribution in [0.3, 0.4) is 0 Å². The maximum Gasteiger partial charge on any atom is 0.414 e. The third-order valence-electron chi connectivity index (χ3n) is 7.02. The monoisotopic (exact) mass is 470 g/mol. The number of nitrogens with zero attached hydrogens (tertiary/aromatic N) is 2. The maximum absolute atomic E-state index is 13.1. The summed E-state index contributed by atoms with van der Waals surface area (Å²) in [7, 11) is 1.84. The van der Waals surface area contributed by atoms with Crippen molar-refractivity contribution in [3.63, 3.8) is 0 Å². The van der Waals surface area contributed by atoms with Crippen LogP contribution >= 0.6 is 0 Å². The summed E-state index contributed by atoms with van der Waals surface area (Å²) in [5.74, 6) is 0. The molecule has 0 fully saturated rings. The van der Waals surface area contributed by atoms with Gasteiger partial charge in [0.05, 0.1) is 18.4 Å². The first-order chi connectivity index (χ1) is 16.8. The molecular formula is C30H36N3O2+. The van der Waals surface area contributed by atoms with Gasteiger partial charge in [-0.2, -0.15) is 0 Å².